The highest BCUT2D eigenvalue weighted by molar-refractivity contribution is 6.23. The summed E-state index contributed by atoms with van der Waals surface area (Å²) in [6.07, 6.45) is 0.930. The van der Waals surface area contributed by atoms with Crippen LogP contribution in [-0.2, 0) is 6.42 Å². The highest BCUT2D eigenvalue weighted by Gasteiger charge is 2.13. The Hall–Kier alpha value is -3.90. The molecule has 0 bridgehead atoms. The molecule has 0 heteroatoms. The van der Waals surface area contributed by atoms with Crippen molar-refractivity contribution in [2.45, 2.75) is 6.42 Å². The van der Waals surface area contributed by atoms with E-state index in [1.165, 1.54) is 65.0 Å². The molecule has 0 saturated heterocycles. The second kappa shape index (κ2) is 6.30. The Kier molecular flexibility index (Phi) is 3.42. The van der Waals surface area contributed by atoms with Crippen molar-refractivity contribution in [2.75, 3.05) is 0 Å². The second-order valence-electron chi connectivity index (χ2n) is 8.56. The lowest BCUT2D eigenvalue weighted by Gasteiger charge is -2.15. The quantitative estimate of drug-likeness (QED) is 0.259. The van der Waals surface area contributed by atoms with E-state index in [4.69, 9.17) is 0 Å². The minimum atomic E-state index is 0.930. The number of fused-ring (bicyclic) bond motifs is 3. The van der Waals surface area contributed by atoms with Gasteiger partial charge in [0.25, 0.3) is 0 Å². The summed E-state index contributed by atoms with van der Waals surface area (Å²) in [5.41, 5.74) is 2.79. The van der Waals surface area contributed by atoms with Gasteiger partial charge in [-0.3, -0.25) is 0 Å². The Bertz CT molecular complexity index is 1740. The first kappa shape index (κ1) is 16.8. The smallest absolute Gasteiger partial charge is 0.00132 e. The van der Waals surface area contributed by atoms with Gasteiger partial charge in [0.15, 0.2) is 0 Å². The van der Waals surface area contributed by atoms with E-state index in [-0.39, 0.29) is 0 Å². The van der Waals surface area contributed by atoms with Crippen LogP contribution >= 0.6 is 0 Å². The minimum Gasteiger partial charge on any atom is -0.0616 e. The van der Waals surface area contributed by atoms with Gasteiger partial charge in [-0.2, -0.15) is 0 Å². The summed E-state index contributed by atoms with van der Waals surface area (Å²) in [6.45, 7) is 0. The van der Waals surface area contributed by atoms with E-state index in [2.05, 4.69) is 109 Å². The third kappa shape index (κ3) is 2.42. The maximum absolute atomic E-state index is 2.38. The molecule has 0 spiro atoms. The fourth-order valence-electron chi connectivity index (χ4n) is 5.43. The van der Waals surface area contributed by atoms with Crippen LogP contribution in [0.25, 0.3) is 53.9 Å². The Morgan fingerprint density at radius 2 is 0.968 bits per heavy atom. The zero-order chi connectivity index (χ0) is 20.4. The van der Waals surface area contributed by atoms with Gasteiger partial charge in [-0.15, -0.1) is 0 Å². The summed E-state index contributed by atoms with van der Waals surface area (Å²) in [6, 6.07) is 40.3. The third-order valence-corrected chi connectivity index (χ3v) is 6.85. The van der Waals surface area contributed by atoms with E-state index in [1.807, 2.05) is 0 Å². The molecular formula is C31H20. The molecule has 144 valence electrons. The first-order chi connectivity index (χ1) is 15.4. The molecule has 0 aromatic heterocycles. The SMILES string of the molecule is c1ccc2c(c1)cc(Cc1ccc3ccc4cccc5ccc1c3c45)c1ccccc12. The van der Waals surface area contributed by atoms with Gasteiger partial charge in [0, 0.05) is 0 Å². The average Bonchev–Trinajstić information content (AvgIpc) is 2.83. The van der Waals surface area contributed by atoms with Gasteiger partial charge in [-0.05, 0) is 71.4 Å². The maximum atomic E-state index is 2.38. The Labute approximate surface area is 180 Å². The Balaban J connectivity index is 1.52. The highest BCUT2D eigenvalue weighted by Crippen LogP contribution is 2.37. The van der Waals surface area contributed by atoms with Crippen molar-refractivity contribution in [3.8, 4) is 0 Å². The van der Waals surface area contributed by atoms with Gasteiger partial charge in [-0.25, -0.2) is 0 Å². The molecule has 0 fully saturated rings. The van der Waals surface area contributed by atoms with Gasteiger partial charge in [0.2, 0.25) is 0 Å². The molecule has 0 aliphatic carbocycles. The lowest BCUT2D eigenvalue weighted by atomic mass is 9.88. The molecule has 7 aromatic rings. The van der Waals surface area contributed by atoms with Crippen molar-refractivity contribution in [3.05, 3.63) is 120 Å². The van der Waals surface area contributed by atoms with Gasteiger partial charge in [0.1, 0.15) is 0 Å². The number of hydrogen-bond acceptors (Lipinski definition) is 0. The van der Waals surface area contributed by atoms with Gasteiger partial charge < -0.3 is 0 Å². The molecule has 0 amide bonds. The number of rotatable bonds is 2. The molecule has 0 radical (unpaired) electrons. The summed E-state index contributed by atoms with van der Waals surface area (Å²) >= 11 is 0. The first-order valence-corrected chi connectivity index (χ1v) is 10.9. The van der Waals surface area contributed by atoms with Crippen LogP contribution in [0.3, 0.4) is 0 Å². The number of benzene rings is 7. The molecule has 0 aliphatic heterocycles. The van der Waals surface area contributed by atoms with Crippen LogP contribution in [0.2, 0.25) is 0 Å². The second-order valence-corrected chi connectivity index (χ2v) is 8.56. The van der Waals surface area contributed by atoms with Crippen LogP contribution < -0.4 is 0 Å². The fraction of sp³-hybridized carbons (Fsp3) is 0.0323. The predicted molar refractivity (Wildman–Crippen MR) is 134 cm³/mol. The first-order valence-electron chi connectivity index (χ1n) is 10.9. The Morgan fingerprint density at radius 1 is 0.355 bits per heavy atom. The van der Waals surface area contributed by atoms with Crippen LogP contribution in [0.15, 0.2) is 109 Å². The molecule has 0 heterocycles. The Morgan fingerprint density at radius 3 is 1.81 bits per heavy atom. The molecule has 0 nitrogen and oxygen atoms in total. The van der Waals surface area contributed by atoms with Crippen LogP contribution in [0.5, 0.6) is 0 Å². The van der Waals surface area contributed by atoms with Gasteiger partial charge in [-0.1, -0.05) is 109 Å². The third-order valence-electron chi connectivity index (χ3n) is 6.85. The van der Waals surface area contributed by atoms with Crippen LogP contribution in [0, 0.1) is 0 Å². The molecule has 31 heavy (non-hydrogen) atoms. The molecular weight excluding hydrogens is 372 g/mol. The molecule has 7 rings (SSSR count). The monoisotopic (exact) mass is 392 g/mol. The lowest BCUT2D eigenvalue weighted by Crippen LogP contribution is -1.94. The normalized spacial score (nSPS) is 12.0. The highest BCUT2D eigenvalue weighted by atomic mass is 14.2. The van der Waals surface area contributed by atoms with Gasteiger partial charge in [0.05, 0.1) is 0 Å². The van der Waals surface area contributed by atoms with Crippen molar-refractivity contribution < 1.29 is 0 Å². The number of hydrogen-bond donors (Lipinski definition) is 0. The van der Waals surface area contributed by atoms with E-state index in [0.717, 1.165) is 6.42 Å². The largest absolute Gasteiger partial charge is 0.0616 e. The van der Waals surface area contributed by atoms with E-state index in [9.17, 15) is 0 Å². The maximum Gasteiger partial charge on any atom is -0.00132 e. The molecule has 0 N–H and O–H groups in total. The van der Waals surface area contributed by atoms with Crippen molar-refractivity contribution in [3.63, 3.8) is 0 Å². The van der Waals surface area contributed by atoms with E-state index < -0.39 is 0 Å². The summed E-state index contributed by atoms with van der Waals surface area (Å²) in [5, 5.41) is 13.5. The van der Waals surface area contributed by atoms with Crippen molar-refractivity contribution in [1.29, 1.82) is 0 Å². The molecule has 0 unspecified atom stereocenters. The van der Waals surface area contributed by atoms with Crippen LogP contribution in [-0.4, -0.2) is 0 Å². The van der Waals surface area contributed by atoms with Crippen molar-refractivity contribution in [2.24, 2.45) is 0 Å². The minimum absolute atomic E-state index is 0.930. The molecule has 0 aliphatic rings. The zero-order valence-electron chi connectivity index (χ0n) is 17.1. The molecule has 0 atom stereocenters. The fourth-order valence-corrected chi connectivity index (χ4v) is 5.43. The van der Waals surface area contributed by atoms with E-state index >= 15 is 0 Å². The lowest BCUT2D eigenvalue weighted by molar-refractivity contribution is 1.24. The predicted octanol–water partition coefficient (Wildman–Crippen LogP) is 8.48. The zero-order valence-corrected chi connectivity index (χ0v) is 17.1. The van der Waals surface area contributed by atoms with Crippen LogP contribution in [0.1, 0.15) is 11.1 Å². The summed E-state index contributed by atoms with van der Waals surface area (Å²) in [4.78, 5) is 0. The van der Waals surface area contributed by atoms with Crippen molar-refractivity contribution >= 4 is 53.9 Å². The average molecular weight is 393 g/mol. The molecule has 7 aromatic carbocycles. The molecule has 0 saturated carbocycles. The van der Waals surface area contributed by atoms with Crippen molar-refractivity contribution in [1.82, 2.24) is 0 Å². The van der Waals surface area contributed by atoms with E-state index in [0.29, 0.717) is 0 Å². The summed E-state index contributed by atoms with van der Waals surface area (Å²) in [7, 11) is 0. The topological polar surface area (TPSA) is 0 Å². The van der Waals surface area contributed by atoms with Crippen LogP contribution in [0.4, 0.5) is 0 Å². The van der Waals surface area contributed by atoms with E-state index in [1.54, 1.807) is 0 Å². The van der Waals surface area contributed by atoms with Gasteiger partial charge >= 0.3 is 0 Å². The summed E-state index contributed by atoms with van der Waals surface area (Å²) in [5.74, 6) is 0. The standard InChI is InChI=1S/C31H20/c1-2-9-26-23(6-1)18-25(27-10-3-4-11-29(26)27)19-24-15-14-22-13-12-20-7-5-8-21-16-17-28(24)31(22)30(20)21/h1-18H,19H2. The summed E-state index contributed by atoms with van der Waals surface area (Å²) < 4.78 is 0.